The van der Waals surface area contributed by atoms with Gasteiger partial charge in [0.25, 0.3) is 0 Å². The molecule has 1 amide bonds. The van der Waals surface area contributed by atoms with E-state index in [1.165, 1.54) is 7.11 Å². The maximum absolute atomic E-state index is 11.6. The number of carboxylic acids is 1. The summed E-state index contributed by atoms with van der Waals surface area (Å²) in [5.41, 5.74) is 0.0812. The summed E-state index contributed by atoms with van der Waals surface area (Å²) in [6.07, 6.45) is -2.06. The molecule has 0 bridgehead atoms. The first kappa shape index (κ1) is 17.8. The van der Waals surface area contributed by atoms with Crippen LogP contribution in [0.5, 0.6) is 5.75 Å². The van der Waals surface area contributed by atoms with Crippen molar-refractivity contribution >= 4 is 12.1 Å². The topological polar surface area (TPSA) is 96.9 Å². The number of carbonyl (C=O) groups excluding carboxylic acids is 1. The number of hydrogen-bond donors (Lipinski definition) is 3. The average molecular weight is 310 g/mol. The lowest BCUT2D eigenvalue weighted by Crippen LogP contribution is -2.51. The highest BCUT2D eigenvalue weighted by Gasteiger charge is 2.23. The lowest BCUT2D eigenvalue weighted by atomic mass is 10.2. The number of aliphatic carboxylic acids is 1. The summed E-state index contributed by atoms with van der Waals surface area (Å²) in [6.45, 7) is 5.32. The van der Waals surface area contributed by atoms with Crippen molar-refractivity contribution in [1.29, 1.82) is 0 Å². The van der Waals surface area contributed by atoms with Crippen LogP contribution >= 0.6 is 0 Å². The molecule has 0 aliphatic carbocycles. The number of amides is 1. The first-order chi connectivity index (χ1) is 10.2. The fraction of sp³-hybridized carbons (Fsp3) is 0.467. The average Bonchev–Trinajstić information content (AvgIpc) is 2.41. The maximum atomic E-state index is 11.6. The number of para-hydroxylation sites is 1. The van der Waals surface area contributed by atoms with E-state index in [0.717, 1.165) is 5.56 Å². The molecule has 0 heterocycles. The number of rotatable bonds is 6. The maximum Gasteiger partial charge on any atom is 0.409 e. The zero-order chi connectivity index (χ0) is 16.8. The van der Waals surface area contributed by atoms with Gasteiger partial charge >= 0.3 is 12.1 Å². The van der Waals surface area contributed by atoms with Crippen molar-refractivity contribution in [2.24, 2.45) is 0 Å². The number of carbonyl (C=O) groups is 2. The van der Waals surface area contributed by atoms with Gasteiger partial charge in [-0.3, -0.25) is 10.6 Å². The molecule has 1 atom stereocenters. The zero-order valence-corrected chi connectivity index (χ0v) is 13.2. The Kier molecular flexibility index (Phi) is 6.18. The highest BCUT2D eigenvalue weighted by Crippen LogP contribution is 2.16. The first-order valence-corrected chi connectivity index (χ1v) is 6.80. The van der Waals surface area contributed by atoms with E-state index in [0.29, 0.717) is 5.75 Å². The van der Waals surface area contributed by atoms with Crippen LogP contribution in [0, 0.1) is 0 Å². The quantitative estimate of drug-likeness (QED) is 0.692. The first-order valence-electron chi connectivity index (χ1n) is 6.80. The third kappa shape index (κ3) is 6.01. The number of alkyl carbamates (subject to hydrolysis) is 1. The minimum absolute atomic E-state index is 0.219. The van der Waals surface area contributed by atoms with Crippen LogP contribution in [0.3, 0.4) is 0 Å². The minimum Gasteiger partial charge on any atom is -0.496 e. The fourth-order valence-electron chi connectivity index (χ4n) is 1.69. The van der Waals surface area contributed by atoms with Gasteiger partial charge in [0.05, 0.1) is 7.11 Å². The summed E-state index contributed by atoms with van der Waals surface area (Å²) < 4.78 is 10.2. The Labute approximate surface area is 129 Å². The predicted molar refractivity (Wildman–Crippen MR) is 80.6 cm³/mol. The summed E-state index contributed by atoms with van der Waals surface area (Å²) >= 11 is 0. The highest BCUT2D eigenvalue weighted by molar-refractivity contribution is 5.79. The van der Waals surface area contributed by atoms with Crippen molar-refractivity contribution in [3.05, 3.63) is 29.8 Å². The fourth-order valence-corrected chi connectivity index (χ4v) is 1.69. The minimum atomic E-state index is -1.26. The normalized spacial score (nSPS) is 12.4. The molecule has 1 rings (SSSR count). The molecule has 22 heavy (non-hydrogen) atoms. The Balaban J connectivity index is 2.65. The monoisotopic (exact) mass is 310 g/mol. The largest absolute Gasteiger partial charge is 0.496 e. The van der Waals surface area contributed by atoms with Crippen LogP contribution in [-0.2, 0) is 16.1 Å². The Morgan fingerprint density at radius 1 is 1.27 bits per heavy atom. The van der Waals surface area contributed by atoms with E-state index in [4.69, 9.17) is 14.6 Å². The molecule has 0 aliphatic rings. The van der Waals surface area contributed by atoms with Crippen molar-refractivity contribution in [3.63, 3.8) is 0 Å². The van der Waals surface area contributed by atoms with E-state index in [1.807, 2.05) is 12.1 Å². The van der Waals surface area contributed by atoms with Gasteiger partial charge in [-0.1, -0.05) is 18.2 Å². The zero-order valence-electron chi connectivity index (χ0n) is 13.2. The van der Waals surface area contributed by atoms with Crippen LogP contribution in [0.2, 0.25) is 0 Å². The number of ether oxygens (including phenoxy) is 2. The second-order valence-electron chi connectivity index (χ2n) is 5.61. The highest BCUT2D eigenvalue weighted by atomic mass is 16.6. The van der Waals surface area contributed by atoms with Gasteiger partial charge in [-0.15, -0.1) is 0 Å². The van der Waals surface area contributed by atoms with E-state index < -0.39 is 23.8 Å². The van der Waals surface area contributed by atoms with E-state index in [1.54, 1.807) is 32.9 Å². The second kappa shape index (κ2) is 7.65. The van der Waals surface area contributed by atoms with Gasteiger partial charge in [0, 0.05) is 12.1 Å². The third-order valence-corrected chi connectivity index (χ3v) is 2.60. The summed E-state index contributed by atoms with van der Waals surface area (Å²) in [7, 11) is 1.53. The Hall–Kier alpha value is -2.28. The summed E-state index contributed by atoms with van der Waals surface area (Å²) in [4.78, 5) is 22.9. The molecular formula is C15H22N2O5. The van der Waals surface area contributed by atoms with Crippen LogP contribution in [-0.4, -0.2) is 36.0 Å². The van der Waals surface area contributed by atoms with Gasteiger partial charge < -0.3 is 14.6 Å². The molecule has 0 saturated carbocycles. The van der Waals surface area contributed by atoms with Crippen LogP contribution in [0.1, 0.15) is 26.3 Å². The van der Waals surface area contributed by atoms with E-state index >= 15 is 0 Å². The predicted octanol–water partition coefficient (Wildman–Crippen LogP) is 1.72. The van der Waals surface area contributed by atoms with Crippen molar-refractivity contribution < 1.29 is 24.2 Å². The molecule has 1 aromatic rings. The molecule has 0 fully saturated rings. The summed E-state index contributed by atoms with van der Waals surface area (Å²) in [6, 6.07) is 7.21. The summed E-state index contributed by atoms with van der Waals surface area (Å²) in [5.74, 6) is -0.572. The van der Waals surface area contributed by atoms with Crippen LogP contribution in [0.4, 0.5) is 4.79 Å². The standard InChI is InChI=1S/C15H22N2O5/c1-15(2,3)22-14(20)17-12(13(18)19)16-9-10-7-5-6-8-11(10)21-4/h5-8,12,16H,9H2,1-4H3,(H,17,20)(H,18,19). The van der Waals surface area contributed by atoms with E-state index in [-0.39, 0.29) is 6.54 Å². The van der Waals surface area contributed by atoms with Gasteiger partial charge in [0.15, 0.2) is 6.17 Å². The van der Waals surface area contributed by atoms with Crippen LogP contribution in [0.25, 0.3) is 0 Å². The molecule has 0 aliphatic heterocycles. The Morgan fingerprint density at radius 2 is 1.91 bits per heavy atom. The van der Waals surface area contributed by atoms with Gasteiger partial charge in [0.1, 0.15) is 11.4 Å². The molecule has 7 heteroatoms. The SMILES string of the molecule is COc1ccccc1CNC(NC(=O)OC(C)(C)C)C(=O)O. The van der Waals surface area contributed by atoms with Gasteiger partial charge in [-0.05, 0) is 26.8 Å². The molecule has 7 nitrogen and oxygen atoms in total. The molecule has 3 N–H and O–H groups in total. The smallest absolute Gasteiger partial charge is 0.409 e. The van der Waals surface area contributed by atoms with Crippen molar-refractivity contribution in [2.45, 2.75) is 39.1 Å². The number of hydrogen-bond acceptors (Lipinski definition) is 5. The van der Waals surface area contributed by atoms with Crippen LogP contribution < -0.4 is 15.4 Å². The lowest BCUT2D eigenvalue weighted by Gasteiger charge is -2.22. The van der Waals surface area contributed by atoms with Crippen LogP contribution in [0.15, 0.2) is 24.3 Å². The van der Waals surface area contributed by atoms with Crippen molar-refractivity contribution in [2.75, 3.05) is 7.11 Å². The molecule has 122 valence electrons. The second-order valence-corrected chi connectivity index (χ2v) is 5.61. The molecule has 0 saturated heterocycles. The molecule has 0 aromatic heterocycles. The van der Waals surface area contributed by atoms with Gasteiger partial charge in [-0.2, -0.15) is 0 Å². The molecule has 1 aromatic carbocycles. The number of nitrogens with one attached hydrogen (secondary N) is 2. The molecular weight excluding hydrogens is 288 g/mol. The van der Waals surface area contributed by atoms with E-state index in [9.17, 15) is 9.59 Å². The third-order valence-electron chi connectivity index (χ3n) is 2.60. The van der Waals surface area contributed by atoms with Gasteiger partial charge in [0.2, 0.25) is 0 Å². The molecule has 0 radical (unpaired) electrons. The number of methoxy groups -OCH3 is 1. The molecule has 0 spiro atoms. The van der Waals surface area contributed by atoms with Crippen molar-refractivity contribution in [3.8, 4) is 5.75 Å². The van der Waals surface area contributed by atoms with Gasteiger partial charge in [-0.25, -0.2) is 9.59 Å². The number of carboxylic acid groups (broad SMARTS) is 1. The number of benzene rings is 1. The Morgan fingerprint density at radius 3 is 2.45 bits per heavy atom. The van der Waals surface area contributed by atoms with Crippen molar-refractivity contribution in [1.82, 2.24) is 10.6 Å². The Bertz CT molecular complexity index is 525. The summed E-state index contributed by atoms with van der Waals surface area (Å²) in [5, 5.41) is 14.2. The van der Waals surface area contributed by atoms with E-state index in [2.05, 4.69) is 10.6 Å². The molecule has 1 unspecified atom stereocenters. The lowest BCUT2D eigenvalue weighted by molar-refractivity contribution is -0.140.